The van der Waals surface area contributed by atoms with Crippen molar-refractivity contribution in [3.63, 3.8) is 0 Å². The van der Waals surface area contributed by atoms with Gasteiger partial charge in [0.2, 0.25) is 5.91 Å². The number of aryl methyl sites for hydroxylation is 2. The lowest BCUT2D eigenvalue weighted by atomic mass is 10.1. The monoisotopic (exact) mass is 390 g/mol. The van der Waals surface area contributed by atoms with E-state index in [1.807, 2.05) is 74.7 Å². The molecule has 1 aromatic carbocycles. The molecule has 0 aliphatic heterocycles. The molecule has 150 valence electrons. The van der Waals surface area contributed by atoms with E-state index in [0.717, 1.165) is 34.0 Å². The van der Waals surface area contributed by atoms with Crippen molar-refractivity contribution in [2.75, 3.05) is 18.9 Å². The molecule has 3 aromatic rings. The van der Waals surface area contributed by atoms with Crippen LogP contribution in [0.4, 0.5) is 5.69 Å². The number of hydrogen-bond acceptors (Lipinski definition) is 3. The molecule has 0 aliphatic carbocycles. The van der Waals surface area contributed by atoms with E-state index in [2.05, 4.69) is 10.3 Å². The molecule has 0 aliphatic rings. The van der Waals surface area contributed by atoms with Crippen LogP contribution in [0.25, 0.3) is 5.82 Å². The zero-order valence-electron chi connectivity index (χ0n) is 17.5. The highest BCUT2D eigenvalue weighted by Crippen LogP contribution is 2.21. The van der Waals surface area contributed by atoms with Crippen LogP contribution in [-0.4, -0.2) is 39.9 Å². The lowest BCUT2D eigenvalue weighted by Crippen LogP contribution is -2.35. The number of rotatable bonds is 5. The van der Waals surface area contributed by atoms with Crippen molar-refractivity contribution in [1.82, 2.24) is 14.5 Å². The number of carbonyl (C=O) groups is 2. The Morgan fingerprint density at radius 1 is 1.07 bits per heavy atom. The van der Waals surface area contributed by atoms with Gasteiger partial charge in [-0.1, -0.05) is 18.2 Å². The number of likely N-dealkylation sites (N-methyl/N-ethyl adjacent to an activating group) is 1. The molecule has 2 heterocycles. The fourth-order valence-corrected chi connectivity index (χ4v) is 3.39. The highest BCUT2D eigenvalue weighted by Gasteiger charge is 2.21. The Morgan fingerprint density at radius 2 is 1.83 bits per heavy atom. The molecule has 2 amide bonds. The molecule has 0 saturated heterocycles. The summed E-state index contributed by atoms with van der Waals surface area (Å²) in [5.74, 6) is 0.335. The SMILES string of the molecule is Cc1cccc(NC(=O)CN(C)C(=O)c2cc(C)n(-c3ccccn3)c2C)c1C. The van der Waals surface area contributed by atoms with Crippen LogP contribution in [0, 0.1) is 27.7 Å². The van der Waals surface area contributed by atoms with E-state index in [0.29, 0.717) is 5.56 Å². The van der Waals surface area contributed by atoms with Crippen molar-refractivity contribution >= 4 is 17.5 Å². The van der Waals surface area contributed by atoms with Crippen LogP contribution in [-0.2, 0) is 4.79 Å². The molecule has 3 rings (SSSR count). The predicted molar refractivity (Wildman–Crippen MR) is 115 cm³/mol. The molecule has 0 fully saturated rings. The van der Waals surface area contributed by atoms with Gasteiger partial charge in [0, 0.05) is 30.3 Å². The molecule has 0 bridgehead atoms. The number of hydrogen-bond donors (Lipinski definition) is 1. The lowest BCUT2D eigenvalue weighted by Gasteiger charge is -2.18. The molecule has 6 heteroatoms. The van der Waals surface area contributed by atoms with Crippen molar-refractivity contribution in [2.45, 2.75) is 27.7 Å². The minimum Gasteiger partial charge on any atom is -0.332 e. The third-order valence-corrected chi connectivity index (χ3v) is 5.15. The number of amides is 2. The third kappa shape index (κ3) is 4.21. The van der Waals surface area contributed by atoms with E-state index < -0.39 is 0 Å². The molecule has 0 radical (unpaired) electrons. The second-order valence-corrected chi connectivity index (χ2v) is 7.27. The van der Waals surface area contributed by atoms with Gasteiger partial charge in [0.1, 0.15) is 5.82 Å². The number of anilines is 1. The third-order valence-electron chi connectivity index (χ3n) is 5.15. The van der Waals surface area contributed by atoms with E-state index >= 15 is 0 Å². The number of nitrogens with zero attached hydrogens (tertiary/aromatic N) is 3. The second kappa shape index (κ2) is 8.31. The summed E-state index contributed by atoms with van der Waals surface area (Å²) in [5.41, 5.74) is 5.17. The summed E-state index contributed by atoms with van der Waals surface area (Å²) in [4.78, 5) is 31.3. The first-order valence-corrected chi connectivity index (χ1v) is 9.51. The summed E-state index contributed by atoms with van der Waals surface area (Å²) in [7, 11) is 1.64. The minimum absolute atomic E-state index is 0.0283. The Hall–Kier alpha value is -3.41. The molecule has 0 atom stereocenters. The summed E-state index contributed by atoms with van der Waals surface area (Å²) in [6.45, 7) is 7.76. The summed E-state index contributed by atoms with van der Waals surface area (Å²) in [6.07, 6.45) is 1.72. The summed E-state index contributed by atoms with van der Waals surface area (Å²) < 4.78 is 1.94. The van der Waals surface area contributed by atoms with Gasteiger partial charge in [-0.2, -0.15) is 0 Å². The van der Waals surface area contributed by atoms with Crippen LogP contribution in [0.1, 0.15) is 32.9 Å². The highest BCUT2D eigenvalue weighted by atomic mass is 16.2. The average molecular weight is 390 g/mol. The maximum Gasteiger partial charge on any atom is 0.255 e. The smallest absolute Gasteiger partial charge is 0.255 e. The van der Waals surface area contributed by atoms with Gasteiger partial charge in [-0.15, -0.1) is 0 Å². The fourth-order valence-electron chi connectivity index (χ4n) is 3.39. The normalized spacial score (nSPS) is 10.7. The molecule has 2 aromatic heterocycles. The largest absolute Gasteiger partial charge is 0.332 e. The van der Waals surface area contributed by atoms with Crippen LogP contribution in [0.2, 0.25) is 0 Å². The van der Waals surface area contributed by atoms with E-state index in [9.17, 15) is 9.59 Å². The van der Waals surface area contributed by atoms with Crippen LogP contribution in [0.5, 0.6) is 0 Å². The molecule has 1 N–H and O–H groups in total. The van der Waals surface area contributed by atoms with E-state index in [4.69, 9.17) is 0 Å². The summed E-state index contributed by atoms with van der Waals surface area (Å²) in [5, 5.41) is 2.90. The molecular weight excluding hydrogens is 364 g/mol. The number of pyridine rings is 1. The average Bonchev–Trinajstić information content (AvgIpc) is 2.99. The van der Waals surface area contributed by atoms with Crippen LogP contribution >= 0.6 is 0 Å². The number of aromatic nitrogens is 2. The Balaban J connectivity index is 1.75. The first kappa shape index (κ1) is 20.3. The predicted octanol–water partition coefficient (Wildman–Crippen LogP) is 3.82. The number of nitrogens with one attached hydrogen (secondary N) is 1. The van der Waals surface area contributed by atoms with E-state index in [1.165, 1.54) is 4.90 Å². The quantitative estimate of drug-likeness (QED) is 0.720. The standard InChI is InChI=1S/C23H26N4O2/c1-15-9-8-10-20(17(15)3)25-22(28)14-26(5)23(29)19-13-16(2)27(18(19)4)21-11-6-7-12-24-21/h6-13H,14H2,1-5H3,(H,25,28). The zero-order chi connectivity index (χ0) is 21.1. The Kier molecular flexibility index (Phi) is 5.82. The van der Waals surface area contributed by atoms with Gasteiger partial charge in [0.15, 0.2) is 0 Å². The molecular formula is C23H26N4O2. The van der Waals surface area contributed by atoms with Gasteiger partial charge in [0.25, 0.3) is 5.91 Å². The van der Waals surface area contributed by atoms with Gasteiger partial charge >= 0.3 is 0 Å². The maximum absolute atomic E-state index is 13.0. The Morgan fingerprint density at radius 3 is 2.52 bits per heavy atom. The molecule has 0 spiro atoms. The van der Waals surface area contributed by atoms with E-state index in [-0.39, 0.29) is 18.4 Å². The number of carbonyl (C=O) groups excluding carboxylic acids is 2. The molecule has 29 heavy (non-hydrogen) atoms. The Labute approximate surface area is 171 Å². The van der Waals surface area contributed by atoms with Gasteiger partial charge in [-0.05, 0) is 63.1 Å². The van der Waals surface area contributed by atoms with Crippen molar-refractivity contribution in [3.05, 3.63) is 76.7 Å². The van der Waals surface area contributed by atoms with Crippen molar-refractivity contribution in [2.24, 2.45) is 0 Å². The van der Waals surface area contributed by atoms with Crippen molar-refractivity contribution < 1.29 is 9.59 Å². The summed E-state index contributed by atoms with van der Waals surface area (Å²) >= 11 is 0. The molecule has 0 saturated carbocycles. The lowest BCUT2D eigenvalue weighted by molar-refractivity contribution is -0.116. The maximum atomic E-state index is 13.0. The van der Waals surface area contributed by atoms with Crippen molar-refractivity contribution in [1.29, 1.82) is 0 Å². The van der Waals surface area contributed by atoms with Crippen molar-refractivity contribution in [3.8, 4) is 5.82 Å². The number of benzene rings is 1. The fraction of sp³-hybridized carbons (Fsp3) is 0.261. The zero-order valence-corrected chi connectivity index (χ0v) is 17.5. The van der Waals surface area contributed by atoms with Gasteiger partial charge < -0.3 is 14.8 Å². The van der Waals surface area contributed by atoms with Crippen LogP contribution in [0.15, 0.2) is 48.7 Å². The van der Waals surface area contributed by atoms with Gasteiger partial charge in [-0.25, -0.2) is 4.98 Å². The van der Waals surface area contributed by atoms with Gasteiger partial charge in [0.05, 0.1) is 12.1 Å². The van der Waals surface area contributed by atoms with Gasteiger partial charge in [-0.3, -0.25) is 9.59 Å². The minimum atomic E-state index is -0.229. The van der Waals surface area contributed by atoms with Crippen LogP contribution in [0.3, 0.4) is 0 Å². The summed E-state index contributed by atoms with van der Waals surface area (Å²) in [6, 6.07) is 13.3. The highest BCUT2D eigenvalue weighted by molar-refractivity contribution is 6.00. The van der Waals surface area contributed by atoms with E-state index in [1.54, 1.807) is 13.2 Å². The first-order valence-electron chi connectivity index (χ1n) is 9.51. The first-order chi connectivity index (χ1) is 13.8. The topological polar surface area (TPSA) is 67.2 Å². The van der Waals surface area contributed by atoms with Crippen LogP contribution < -0.4 is 5.32 Å². The molecule has 0 unspecified atom stereocenters. The second-order valence-electron chi connectivity index (χ2n) is 7.27. The Bertz CT molecular complexity index is 1050. The molecule has 6 nitrogen and oxygen atoms in total.